The van der Waals surface area contributed by atoms with E-state index in [1.807, 2.05) is 6.92 Å². The monoisotopic (exact) mass is 565 g/mol. The molecule has 0 amide bonds. The summed E-state index contributed by atoms with van der Waals surface area (Å²) in [5.41, 5.74) is 4.19. The van der Waals surface area contributed by atoms with Crippen molar-refractivity contribution >= 4 is 37.1 Å². The van der Waals surface area contributed by atoms with Crippen molar-refractivity contribution in [2.24, 2.45) is 4.74 Å². The molecule has 1 saturated heterocycles. The molecule has 1 aliphatic rings. The number of aliphatic carboxylic acids is 1. The maximum Gasteiger partial charge on any atom is 0.395 e. The molecule has 0 radical (unpaired) electrons. The van der Waals surface area contributed by atoms with E-state index in [1.54, 1.807) is 12.1 Å². The van der Waals surface area contributed by atoms with E-state index < -0.39 is 44.3 Å². The number of ether oxygens (including phenoxy) is 2. The Morgan fingerprint density at radius 2 is 2.13 bits per heavy atom. The molecule has 0 aliphatic carbocycles. The molecule has 210 valence electrons. The zero-order chi connectivity index (χ0) is 28.3. The highest BCUT2D eigenvalue weighted by Crippen LogP contribution is 2.43. The van der Waals surface area contributed by atoms with E-state index in [0.29, 0.717) is 17.9 Å². The molecule has 3 heterocycles. The van der Waals surface area contributed by atoms with Crippen LogP contribution in [0.2, 0.25) is 0 Å². The SMILES string of the molecule is CCCNc1nc(N)nc2c1ncn2[C@@H]1O[C@H](COc2ccccc2O[P+]([O-])=N[C@@H](C)C(=O)O)[C@@H](O)[C@@]1(C)F. The van der Waals surface area contributed by atoms with Crippen LogP contribution in [0.3, 0.4) is 0 Å². The Bertz CT molecular complexity index is 1370. The van der Waals surface area contributed by atoms with E-state index in [2.05, 4.69) is 25.0 Å². The summed E-state index contributed by atoms with van der Waals surface area (Å²) in [5, 5.41) is 22.9. The lowest BCUT2D eigenvalue weighted by Gasteiger charge is -2.24. The lowest BCUT2D eigenvalue weighted by molar-refractivity contribution is -0.169. The fraction of sp³-hybridized carbons (Fsp3) is 0.478. The second-order valence-corrected chi connectivity index (χ2v) is 9.91. The van der Waals surface area contributed by atoms with Crippen LogP contribution >= 0.6 is 8.17 Å². The molecule has 0 spiro atoms. The maximum atomic E-state index is 15.9. The molecular formula is C23H29FN7O7P. The van der Waals surface area contributed by atoms with Crippen LogP contribution in [-0.2, 0) is 9.53 Å². The number of carbonyl (C=O) groups is 1. The number of para-hydroxylation sites is 2. The predicted molar refractivity (Wildman–Crippen MR) is 137 cm³/mol. The van der Waals surface area contributed by atoms with Gasteiger partial charge in [-0.15, -0.1) is 0 Å². The molecule has 1 aromatic carbocycles. The molecule has 3 aromatic rings. The predicted octanol–water partition coefficient (Wildman–Crippen LogP) is 2.00. The number of hydrogen-bond donors (Lipinski definition) is 4. The highest BCUT2D eigenvalue weighted by Gasteiger charge is 2.55. The number of nitrogens with two attached hydrogens (primary N) is 1. The minimum Gasteiger partial charge on any atom is -0.575 e. The van der Waals surface area contributed by atoms with Gasteiger partial charge in [0.05, 0.1) is 6.33 Å². The molecule has 39 heavy (non-hydrogen) atoms. The molecule has 0 saturated carbocycles. The Balaban J connectivity index is 1.53. The van der Waals surface area contributed by atoms with Crippen molar-refractivity contribution in [2.45, 2.75) is 57.3 Å². The average Bonchev–Trinajstić information content (AvgIpc) is 3.39. The van der Waals surface area contributed by atoms with Gasteiger partial charge in [-0.05, 0) is 32.4 Å². The number of benzene rings is 1. The summed E-state index contributed by atoms with van der Waals surface area (Å²) >= 11 is 0. The number of carboxylic acids is 1. The fourth-order valence-corrected chi connectivity index (χ4v) is 4.69. The quantitative estimate of drug-likeness (QED) is 0.247. The number of aliphatic hydroxyl groups is 1. The van der Waals surface area contributed by atoms with E-state index in [0.717, 1.165) is 6.42 Å². The van der Waals surface area contributed by atoms with Crippen LogP contribution in [0.5, 0.6) is 11.5 Å². The van der Waals surface area contributed by atoms with E-state index in [-0.39, 0.29) is 29.7 Å². The molecule has 6 atom stereocenters. The number of hydrogen-bond acceptors (Lipinski definition) is 12. The topological polar surface area (TPSA) is 202 Å². The number of nitrogen functional groups attached to an aromatic ring is 1. The first kappa shape index (κ1) is 28.4. The first-order chi connectivity index (χ1) is 18.5. The Labute approximate surface area is 223 Å². The van der Waals surface area contributed by atoms with Gasteiger partial charge in [0.15, 0.2) is 40.7 Å². The highest BCUT2D eigenvalue weighted by molar-refractivity contribution is 7.34. The van der Waals surface area contributed by atoms with Crippen LogP contribution < -0.4 is 25.2 Å². The number of aliphatic hydroxyl groups excluding tert-OH is 1. The molecule has 0 bridgehead atoms. The number of imidazole rings is 1. The smallest absolute Gasteiger partial charge is 0.395 e. The van der Waals surface area contributed by atoms with E-state index >= 15 is 4.39 Å². The van der Waals surface area contributed by atoms with E-state index in [1.165, 1.54) is 36.9 Å². The molecule has 4 rings (SSSR count). The third-order valence-electron chi connectivity index (χ3n) is 6.00. The third kappa shape index (κ3) is 6.01. The first-order valence-electron chi connectivity index (χ1n) is 12.1. The number of rotatable bonds is 11. The number of aromatic nitrogens is 4. The Morgan fingerprint density at radius 1 is 1.41 bits per heavy atom. The van der Waals surface area contributed by atoms with Crippen LogP contribution in [0.1, 0.15) is 33.4 Å². The summed E-state index contributed by atoms with van der Waals surface area (Å²) in [4.78, 5) is 35.8. The first-order valence-corrected chi connectivity index (χ1v) is 13.2. The van der Waals surface area contributed by atoms with Crippen LogP contribution in [0.25, 0.3) is 11.2 Å². The third-order valence-corrected chi connectivity index (χ3v) is 6.89. The summed E-state index contributed by atoms with van der Waals surface area (Å²) in [6, 6.07) is 4.92. The highest BCUT2D eigenvalue weighted by atomic mass is 31.1. The number of fused-ring (bicyclic) bond motifs is 1. The van der Waals surface area contributed by atoms with Crippen LogP contribution in [-0.4, -0.2) is 72.8 Å². The molecular weight excluding hydrogens is 536 g/mol. The summed E-state index contributed by atoms with van der Waals surface area (Å²) in [6.45, 7) is 4.75. The van der Waals surface area contributed by atoms with Crippen molar-refractivity contribution in [1.29, 1.82) is 0 Å². The molecule has 14 nitrogen and oxygen atoms in total. The zero-order valence-electron chi connectivity index (χ0n) is 21.4. The van der Waals surface area contributed by atoms with Gasteiger partial charge in [-0.2, -0.15) is 9.97 Å². The number of alkyl halides is 1. The fourth-order valence-electron chi connectivity index (χ4n) is 3.94. The lowest BCUT2D eigenvalue weighted by atomic mass is 9.98. The number of halogens is 1. The molecule has 5 N–H and O–H groups in total. The molecule has 1 aliphatic heterocycles. The Kier molecular flexibility index (Phi) is 8.45. The van der Waals surface area contributed by atoms with Crippen molar-refractivity contribution in [2.75, 3.05) is 24.2 Å². The molecule has 2 aromatic heterocycles. The van der Waals surface area contributed by atoms with Gasteiger partial charge in [-0.1, -0.05) is 23.8 Å². The van der Waals surface area contributed by atoms with Crippen molar-refractivity contribution in [1.82, 2.24) is 19.5 Å². The van der Waals surface area contributed by atoms with Crippen molar-refractivity contribution < 1.29 is 38.3 Å². The minimum atomic E-state index is -2.71. The Morgan fingerprint density at radius 3 is 2.82 bits per heavy atom. The summed E-state index contributed by atoms with van der Waals surface area (Å²) < 4.78 is 37.7. The largest absolute Gasteiger partial charge is 0.575 e. The van der Waals surface area contributed by atoms with Crippen LogP contribution in [0.4, 0.5) is 16.2 Å². The van der Waals surface area contributed by atoms with Crippen molar-refractivity contribution in [3.8, 4) is 11.5 Å². The van der Waals surface area contributed by atoms with Gasteiger partial charge in [-0.25, -0.2) is 14.2 Å². The van der Waals surface area contributed by atoms with Gasteiger partial charge < -0.3 is 35.6 Å². The average molecular weight is 565 g/mol. The van der Waals surface area contributed by atoms with Crippen molar-refractivity contribution in [3.63, 3.8) is 0 Å². The standard InChI is InChI=1S/C23H29FN7O7P/c1-4-9-26-18-16-19(29-22(25)28-18)31(11-27-16)21-23(3,24)17(32)15(37-21)10-36-13-7-5-6-8-14(13)38-39(35)30-12(2)20(33)34/h5-8,11-12,15,17,21,32H,4,9-10H2,1-3H3,(H,33,34)(H3,25,26,28,29)/t12-,15+,17+,21+,23+/m0/s1. The molecule has 1 fully saturated rings. The number of anilines is 2. The van der Waals surface area contributed by atoms with Crippen LogP contribution in [0, 0.1) is 0 Å². The summed E-state index contributed by atoms with van der Waals surface area (Å²) in [7, 11) is -2.71. The van der Waals surface area contributed by atoms with Gasteiger partial charge in [0, 0.05) is 6.54 Å². The molecule has 16 heteroatoms. The number of carboxylic acid groups (broad SMARTS) is 1. The Hall–Kier alpha value is -3.65. The van der Waals surface area contributed by atoms with Gasteiger partial charge in [0.25, 0.3) is 0 Å². The van der Waals surface area contributed by atoms with Gasteiger partial charge >= 0.3 is 14.1 Å². The van der Waals surface area contributed by atoms with Crippen molar-refractivity contribution in [3.05, 3.63) is 30.6 Å². The van der Waals surface area contributed by atoms with Gasteiger partial charge in [-0.3, -0.25) is 9.09 Å². The van der Waals surface area contributed by atoms with Gasteiger partial charge in [0.2, 0.25) is 11.7 Å². The minimum absolute atomic E-state index is 0.0203. The lowest BCUT2D eigenvalue weighted by Crippen LogP contribution is -2.41. The second kappa shape index (κ2) is 11.6. The summed E-state index contributed by atoms with van der Waals surface area (Å²) in [6.07, 6.45) is -1.88. The van der Waals surface area contributed by atoms with E-state index in [9.17, 15) is 14.8 Å². The summed E-state index contributed by atoms with van der Waals surface area (Å²) in [5.74, 6) is -0.764. The maximum absolute atomic E-state index is 15.9. The van der Waals surface area contributed by atoms with E-state index in [4.69, 9.17) is 24.8 Å². The second-order valence-electron chi connectivity index (χ2n) is 9.02. The number of nitrogens with one attached hydrogen (secondary N) is 1. The van der Waals surface area contributed by atoms with Crippen LogP contribution in [0.15, 0.2) is 35.3 Å². The zero-order valence-corrected chi connectivity index (χ0v) is 22.3. The van der Waals surface area contributed by atoms with Gasteiger partial charge in [0.1, 0.15) is 18.8 Å². The normalized spacial score (nSPS) is 24.1. The number of nitrogens with zero attached hydrogens (tertiary/aromatic N) is 5. The molecule has 1 unspecified atom stereocenters.